The van der Waals surface area contributed by atoms with Crippen LogP contribution in [0.3, 0.4) is 0 Å². The fourth-order valence-electron chi connectivity index (χ4n) is 0.515. The first-order valence-corrected chi connectivity index (χ1v) is 4.19. The Hall–Kier alpha value is -0.280. The molecular weight excluding hydrogens is 173 g/mol. The summed E-state index contributed by atoms with van der Waals surface area (Å²) < 4.78 is 12.4. The third-order valence-electron chi connectivity index (χ3n) is 1.01. The van der Waals surface area contributed by atoms with Crippen LogP contribution in [-0.4, -0.2) is 11.2 Å². The summed E-state index contributed by atoms with van der Waals surface area (Å²) in [7, 11) is 0. The molecular formula is C6H5ClFNS. The molecule has 0 bridgehead atoms. The smallest absolute Gasteiger partial charge is 0.226 e. The van der Waals surface area contributed by atoms with Crippen LogP contribution in [0.4, 0.5) is 4.39 Å². The van der Waals surface area contributed by atoms with Gasteiger partial charge in [0.2, 0.25) is 5.95 Å². The lowest BCUT2D eigenvalue weighted by molar-refractivity contribution is 0.582. The normalized spacial score (nSPS) is 9.90. The number of hydrogen-bond acceptors (Lipinski definition) is 2. The molecule has 0 aliphatic carbocycles. The van der Waals surface area contributed by atoms with Gasteiger partial charge in [0.1, 0.15) is 0 Å². The Kier molecular flexibility index (Phi) is 2.51. The minimum Gasteiger partial charge on any atom is -0.226 e. The van der Waals surface area contributed by atoms with Crippen LogP contribution >= 0.6 is 23.4 Å². The Morgan fingerprint density at radius 3 is 2.90 bits per heavy atom. The van der Waals surface area contributed by atoms with Gasteiger partial charge in [0.05, 0.1) is 5.02 Å². The maximum Gasteiger partial charge on any atom is 0.231 e. The highest BCUT2D eigenvalue weighted by Crippen LogP contribution is 2.19. The maximum absolute atomic E-state index is 12.4. The summed E-state index contributed by atoms with van der Waals surface area (Å²) in [4.78, 5) is 4.30. The van der Waals surface area contributed by atoms with E-state index in [1.54, 1.807) is 6.07 Å². The van der Waals surface area contributed by atoms with Gasteiger partial charge in [-0.1, -0.05) is 11.6 Å². The highest BCUT2D eigenvalue weighted by atomic mass is 35.5. The van der Waals surface area contributed by atoms with Crippen LogP contribution < -0.4 is 0 Å². The van der Waals surface area contributed by atoms with Gasteiger partial charge in [0.25, 0.3) is 0 Å². The summed E-state index contributed by atoms with van der Waals surface area (Å²) in [5.74, 6) is -0.612. The summed E-state index contributed by atoms with van der Waals surface area (Å²) in [5, 5.41) is 0.0758. The molecule has 0 aliphatic rings. The van der Waals surface area contributed by atoms with Crippen LogP contribution in [0, 0.1) is 5.95 Å². The van der Waals surface area contributed by atoms with Crippen LogP contribution in [0.2, 0.25) is 5.02 Å². The number of pyridine rings is 1. The highest BCUT2D eigenvalue weighted by Gasteiger charge is 1.99. The number of hydrogen-bond donors (Lipinski definition) is 0. The average molecular weight is 178 g/mol. The lowest BCUT2D eigenvalue weighted by atomic mass is 10.5. The summed E-state index contributed by atoms with van der Waals surface area (Å²) in [6, 6.07) is 1.55. The minimum absolute atomic E-state index is 0.0758. The number of thioether (sulfide) groups is 1. The molecule has 0 aliphatic heterocycles. The van der Waals surface area contributed by atoms with Gasteiger partial charge >= 0.3 is 0 Å². The van der Waals surface area contributed by atoms with Gasteiger partial charge in [0.15, 0.2) is 0 Å². The zero-order chi connectivity index (χ0) is 7.56. The van der Waals surface area contributed by atoms with Crippen molar-refractivity contribution in [2.75, 3.05) is 6.26 Å². The average Bonchev–Trinajstić information content (AvgIpc) is 1.95. The van der Waals surface area contributed by atoms with Crippen molar-refractivity contribution in [2.24, 2.45) is 0 Å². The molecule has 0 amide bonds. The third kappa shape index (κ3) is 1.61. The van der Waals surface area contributed by atoms with Crippen molar-refractivity contribution < 1.29 is 4.39 Å². The molecule has 4 heteroatoms. The van der Waals surface area contributed by atoms with Crippen LogP contribution in [0.15, 0.2) is 17.2 Å². The summed E-state index contributed by atoms with van der Waals surface area (Å²) in [6.07, 6.45) is 3.33. The first-order chi connectivity index (χ1) is 4.74. The van der Waals surface area contributed by atoms with Gasteiger partial charge in [-0.05, 0) is 12.3 Å². The van der Waals surface area contributed by atoms with Gasteiger partial charge in [-0.3, -0.25) is 0 Å². The molecule has 1 heterocycles. The summed E-state index contributed by atoms with van der Waals surface area (Å²) in [5.41, 5.74) is 0. The van der Waals surface area contributed by atoms with Crippen molar-refractivity contribution >= 4 is 23.4 Å². The van der Waals surface area contributed by atoms with Crippen molar-refractivity contribution in [3.63, 3.8) is 0 Å². The van der Waals surface area contributed by atoms with E-state index in [0.717, 1.165) is 4.90 Å². The molecule has 1 nitrogen and oxygen atoms in total. The molecule has 0 saturated heterocycles. The summed E-state index contributed by atoms with van der Waals surface area (Å²) >= 11 is 6.92. The minimum atomic E-state index is -0.612. The van der Waals surface area contributed by atoms with Crippen molar-refractivity contribution in [3.8, 4) is 0 Å². The lowest BCUT2D eigenvalue weighted by Crippen LogP contribution is -1.82. The van der Waals surface area contributed by atoms with Crippen LogP contribution in [0.5, 0.6) is 0 Å². The van der Waals surface area contributed by atoms with Crippen LogP contribution in [-0.2, 0) is 0 Å². The van der Waals surface area contributed by atoms with E-state index >= 15 is 0 Å². The van der Waals surface area contributed by atoms with Crippen LogP contribution in [0.1, 0.15) is 0 Å². The number of nitrogens with zero attached hydrogens (tertiary/aromatic N) is 1. The first kappa shape index (κ1) is 7.82. The van der Waals surface area contributed by atoms with Gasteiger partial charge in [-0.2, -0.15) is 4.39 Å². The molecule has 0 radical (unpaired) electrons. The molecule has 0 fully saturated rings. The van der Waals surface area contributed by atoms with Crippen LogP contribution in [0.25, 0.3) is 0 Å². The molecule has 1 rings (SSSR count). The van der Waals surface area contributed by atoms with E-state index in [0.29, 0.717) is 0 Å². The molecule has 0 unspecified atom stereocenters. The van der Waals surface area contributed by atoms with Crippen molar-refractivity contribution in [3.05, 3.63) is 23.2 Å². The van der Waals surface area contributed by atoms with Gasteiger partial charge in [-0.25, -0.2) is 4.98 Å². The van der Waals surface area contributed by atoms with E-state index in [2.05, 4.69) is 4.98 Å². The van der Waals surface area contributed by atoms with Crippen molar-refractivity contribution in [1.29, 1.82) is 0 Å². The fraction of sp³-hybridized carbons (Fsp3) is 0.167. The van der Waals surface area contributed by atoms with E-state index in [-0.39, 0.29) is 5.02 Å². The predicted octanol–water partition coefficient (Wildman–Crippen LogP) is 2.60. The molecule has 0 aromatic carbocycles. The third-order valence-corrected chi connectivity index (χ3v) is 1.97. The Balaban J connectivity index is 3.04. The topological polar surface area (TPSA) is 12.9 Å². The van der Waals surface area contributed by atoms with Gasteiger partial charge in [-0.15, -0.1) is 11.8 Å². The largest absolute Gasteiger partial charge is 0.231 e. The molecule has 54 valence electrons. The number of aromatic nitrogens is 1. The highest BCUT2D eigenvalue weighted by molar-refractivity contribution is 7.98. The van der Waals surface area contributed by atoms with E-state index in [1.165, 1.54) is 18.0 Å². The second-order valence-corrected chi connectivity index (χ2v) is 2.93. The quantitative estimate of drug-likeness (QED) is 0.483. The second-order valence-electron chi connectivity index (χ2n) is 1.65. The van der Waals surface area contributed by atoms with E-state index in [9.17, 15) is 4.39 Å². The van der Waals surface area contributed by atoms with E-state index in [1.807, 2.05) is 6.26 Å². The zero-order valence-corrected chi connectivity index (χ0v) is 6.84. The Labute approximate surface area is 67.6 Å². The van der Waals surface area contributed by atoms with E-state index in [4.69, 9.17) is 11.6 Å². The van der Waals surface area contributed by atoms with Crippen molar-refractivity contribution in [1.82, 2.24) is 4.98 Å². The SMILES string of the molecule is CSc1cnc(F)c(Cl)c1. The Morgan fingerprint density at radius 2 is 2.40 bits per heavy atom. The molecule has 1 aromatic heterocycles. The lowest BCUT2D eigenvalue weighted by Gasteiger charge is -1.95. The fourth-order valence-corrected chi connectivity index (χ4v) is 1.14. The molecule has 0 atom stereocenters. The van der Waals surface area contributed by atoms with Gasteiger partial charge in [0, 0.05) is 11.1 Å². The molecule has 0 saturated carbocycles. The second kappa shape index (κ2) is 3.21. The van der Waals surface area contributed by atoms with Crippen molar-refractivity contribution in [2.45, 2.75) is 4.90 Å². The first-order valence-electron chi connectivity index (χ1n) is 2.59. The number of rotatable bonds is 1. The predicted molar refractivity (Wildman–Crippen MR) is 41.0 cm³/mol. The molecule has 1 aromatic rings. The Bertz CT molecular complexity index is 241. The molecule has 10 heavy (non-hydrogen) atoms. The molecule has 0 N–H and O–H groups in total. The summed E-state index contributed by atoms with van der Waals surface area (Å²) in [6.45, 7) is 0. The Morgan fingerprint density at radius 1 is 1.70 bits per heavy atom. The zero-order valence-electron chi connectivity index (χ0n) is 5.27. The maximum atomic E-state index is 12.4. The van der Waals surface area contributed by atoms with Gasteiger partial charge < -0.3 is 0 Å². The molecule has 0 spiro atoms. The standard InChI is InChI=1S/C6H5ClFNS/c1-10-4-2-5(7)6(8)9-3-4/h2-3H,1H3. The number of halogens is 2. The van der Waals surface area contributed by atoms with E-state index < -0.39 is 5.95 Å². The monoisotopic (exact) mass is 177 g/mol.